The van der Waals surface area contributed by atoms with E-state index in [2.05, 4.69) is 15.5 Å². The van der Waals surface area contributed by atoms with Crippen molar-refractivity contribution in [1.82, 2.24) is 19.5 Å². The summed E-state index contributed by atoms with van der Waals surface area (Å²) in [6.45, 7) is 8.66. The van der Waals surface area contributed by atoms with Crippen LogP contribution in [0.15, 0.2) is 6.07 Å². The Balaban J connectivity index is 1.54. The molecule has 2 saturated heterocycles. The molecule has 2 aliphatic heterocycles. The Morgan fingerprint density at radius 3 is 2.60 bits per heavy atom. The molecule has 2 fully saturated rings. The molecule has 5 rings (SSSR count). The van der Waals surface area contributed by atoms with Gasteiger partial charge in [-0.15, -0.1) is 0 Å². The first kappa shape index (κ1) is 19.6. The van der Waals surface area contributed by atoms with Crippen LogP contribution in [0.1, 0.15) is 82.3 Å². The van der Waals surface area contributed by atoms with Crippen LogP contribution in [0.5, 0.6) is 0 Å². The fourth-order valence-corrected chi connectivity index (χ4v) is 5.18. The van der Waals surface area contributed by atoms with Crippen molar-refractivity contribution in [2.45, 2.75) is 83.8 Å². The zero-order valence-electron chi connectivity index (χ0n) is 18.5. The summed E-state index contributed by atoms with van der Waals surface area (Å²) in [5.74, 6) is 1.25. The number of carbonyl (C=O) groups excluding carboxylic acids is 1. The number of amides is 1. The zero-order chi connectivity index (χ0) is 20.9. The van der Waals surface area contributed by atoms with Gasteiger partial charge in [0.25, 0.3) is 0 Å². The molecular formula is C23H33N5O2. The number of hydrogen-bond acceptors (Lipinski definition) is 5. The third kappa shape index (κ3) is 3.52. The molecule has 0 N–H and O–H groups in total. The maximum atomic E-state index is 12.9. The number of likely N-dealkylation sites (tertiary alicyclic amines) is 1. The molecule has 1 unspecified atom stereocenters. The average molecular weight is 412 g/mol. The fraction of sp³-hybridized carbons (Fsp3) is 0.696. The van der Waals surface area contributed by atoms with E-state index in [9.17, 15) is 4.79 Å². The third-order valence-corrected chi connectivity index (χ3v) is 6.50. The first-order chi connectivity index (χ1) is 14.4. The lowest BCUT2D eigenvalue weighted by Gasteiger charge is -2.35. The van der Waals surface area contributed by atoms with E-state index in [-0.39, 0.29) is 12.1 Å². The van der Waals surface area contributed by atoms with Crippen LogP contribution in [0, 0.1) is 0 Å². The topological polar surface area (TPSA) is 63.0 Å². The number of rotatable bonds is 2. The first-order valence-corrected chi connectivity index (χ1v) is 11.6. The number of aryl methyl sites for hydroxylation is 1. The predicted molar refractivity (Wildman–Crippen MR) is 116 cm³/mol. The van der Waals surface area contributed by atoms with Crippen molar-refractivity contribution in [3.8, 4) is 0 Å². The van der Waals surface area contributed by atoms with Gasteiger partial charge in [0.15, 0.2) is 5.65 Å². The molecular weight excluding hydrogens is 378 g/mol. The summed E-state index contributed by atoms with van der Waals surface area (Å²) >= 11 is 0. The highest BCUT2D eigenvalue weighted by atomic mass is 16.6. The van der Waals surface area contributed by atoms with E-state index < -0.39 is 5.60 Å². The van der Waals surface area contributed by atoms with Crippen LogP contribution in [0.3, 0.4) is 0 Å². The van der Waals surface area contributed by atoms with Crippen molar-refractivity contribution >= 4 is 17.6 Å². The van der Waals surface area contributed by atoms with Crippen molar-refractivity contribution in [1.29, 1.82) is 0 Å². The van der Waals surface area contributed by atoms with Crippen LogP contribution in [-0.4, -0.2) is 50.8 Å². The Bertz CT molecular complexity index is 955. The highest BCUT2D eigenvalue weighted by Crippen LogP contribution is 2.36. The van der Waals surface area contributed by atoms with E-state index in [0.717, 1.165) is 63.1 Å². The van der Waals surface area contributed by atoms with Crippen molar-refractivity contribution in [2.75, 3.05) is 24.5 Å². The monoisotopic (exact) mass is 411 g/mol. The van der Waals surface area contributed by atoms with Gasteiger partial charge in [-0.1, -0.05) is 0 Å². The molecule has 0 radical (unpaired) electrons. The van der Waals surface area contributed by atoms with E-state index in [4.69, 9.17) is 14.8 Å². The van der Waals surface area contributed by atoms with E-state index in [1.165, 1.54) is 36.3 Å². The minimum absolute atomic E-state index is 0.0448. The molecule has 7 nitrogen and oxygen atoms in total. The van der Waals surface area contributed by atoms with Crippen LogP contribution in [-0.2, 0) is 17.6 Å². The van der Waals surface area contributed by atoms with Gasteiger partial charge in [-0.25, -0.2) is 9.78 Å². The van der Waals surface area contributed by atoms with Gasteiger partial charge in [-0.2, -0.15) is 9.61 Å². The summed E-state index contributed by atoms with van der Waals surface area (Å²) in [7, 11) is 0. The zero-order valence-corrected chi connectivity index (χ0v) is 18.5. The maximum absolute atomic E-state index is 12.9. The molecule has 2 aromatic rings. The summed E-state index contributed by atoms with van der Waals surface area (Å²) in [4.78, 5) is 22.2. The highest BCUT2D eigenvalue weighted by Gasteiger charge is 2.34. The van der Waals surface area contributed by atoms with E-state index in [1.807, 2.05) is 25.7 Å². The van der Waals surface area contributed by atoms with Crippen molar-refractivity contribution in [2.24, 2.45) is 0 Å². The van der Waals surface area contributed by atoms with E-state index >= 15 is 0 Å². The lowest BCUT2D eigenvalue weighted by atomic mass is 10.00. The molecule has 0 spiro atoms. The van der Waals surface area contributed by atoms with Crippen LogP contribution in [0.25, 0.3) is 5.65 Å². The molecule has 3 aliphatic rings. The Morgan fingerprint density at radius 2 is 1.83 bits per heavy atom. The van der Waals surface area contributed by atoms with Crippen molar-refractivity contribution < 1.29 is 9.53 Å². The molecule has 1 aliphatic carbocycles. The number of nitrogens with zero attached hydrogens (tertiary/aromatic N) is 5. The Hall–Kier alpha value is -2.31. The van der Waals surface area contributed by atoms with Gasteiger partial charge in [-0.3, -0.25) is 4.90 Å². The fourth-order valence-electron chi connectivity index (χ4n) is 5.18. The molecule has 162 valence electrons. The summed E-state index contributed by atoms with van der Waals surface area (Å²) in [5, 5.41) is 5.05. The van der Waals surface area contributed by atoms with E-state index in [0.29, 0.717) is 0 Å². The van der Waals surface area contributed by atoms with Crippen LogP contribution >= 0.6 is 0 Å². The van der Waals surface area contributed by atoms with Gasteiger partial charge < -0.3 is 9.64 Å². The van der Waals surface area contributed by atoms with Crippen LogP contribution < -0.4 is 4.90 Å². The van der Waals surface area contributed by atoms with Gasteiger partial charge in [0, 0.05) is 37.0 Å². The summed E-state index contributed by atoms with van der Waals surface area (Å²) in [6.07, 6.45) is 8.59. The number of ether oxygens (including phenoxy) is 1. The number of piperidine rings is 1. The second kappa shape index (κ2) is 7.43. The van der Waals surface area contributed by atoms with Crippen molar-refractivity contribution in [3.05, 3.63) is 23.0 Å². The minimum atomic E-state index is -0.497. The highest BCUT2D eigenvalue weighted by molar-refractivity contribution is 5.69. The third-order valence-electron chi connectivity index (χ3n) is 6.50. The standard InChI is InChI=1S/C23H33N5O2/c1-23(2,3)30-22(29)27-14-5-4-11-19(27)18-15-20-24-17-10-8-9-16(17)21(28(20)25-18)26-12-6-7-13-26/h15,19H,4-14H2,1-3H3. The largest absolute Gasteiger partial charge is 0.444 e. The van der Waals surface area contributed by atoms with Gasteiger partial charge in [-0.05, 0) is 72.1 Å². The lowest BCUT2D eigenvalue weighted by molar-refractivity contribution is 0.00898. The molecule has 0 saturated carbocycles. The summed E-state index contributed by atoms with van der Waals surface area (Å²) in [6, 6.07) is 2.06. The summed E-state index contributed by atoms with van der Waals surface area (Å²) in [5.41, 5.74) is 3.98. The maximum Gasteiger partial charge on any atom is 0.410 e. The first-order valence-electron chi connectivity index (χ1n) is 11.6. The average Bonchev–Trinajstić information content (AvgIpc) is 3.44. The second-order valence-electron chi connectivity index (χ2n) is 9.93. The molecule has 30 heavy (non-hydrogen) atoms. The number of anilines is 1. The van der Waals surface area contributed by atoms with Crippen molar-refractivity contribution in [3.63, 3.8) is 0 Å². The normalized spacial score (nSPS) is 22.0. The molecule has 1 atom stereocenters. The Morgan fingerprint density at radius 1 is 1.07 bits per heavy atom. The van der Waals surface area contributed by atoms with Gasteiger partial charge in [0.1, 0.15) is 11.4 Å². The molecule has 4 heterocycles. The molecule has 7 heteroatoms. The van der Waals surface area contributed by atoms with Crippen LogP contribution in [0.4, 0.5) is 10.6 Å². The SMILES string of the molecule is CC(C)(C)OC(=O)N1CCCCC1c1cc2nc3c(c(N4CCCC4)n2n1)CCC3. The smallest absolute Gasteiger partial charge is 0.410 e. The number of fused-ring (bicyclic) bond motifs is 2. The Labute approximate surface area is 178 Å². The Kier molecular flexibility index (Phi) is 4.86. The molecule has 1 amide bonds. The number of carbonyl (C=O) groups is 1. The molecule has 0 bridgehead atoms. The quantitative estimate of drug-likeness (QED) is 0.738. The van der Waals surface area contributed by atoms with Gasteiger partial charge in [0.05, 0.1) is 11.7 Å². The minimum Gasteiger partial charge on any atom is -0.444 e. The molecule has 2 aromatic heterocycles. The molecule has 0 aromatic carbocycles. The van der Waals surface area contributed by atoms with Crippen LogP contribution in [0.2, 0.25) is 0 Å². The van der Waals surface area contributed by atoms with Gasteiger partial charge in [0.2, 0.25) is 0 Å². The number of aromatic nitrogens is 3. The van der Waals surface area contributed by atoms with Gasteiger partial charge >= 0.3 is 6.09 Å². The second-order valence-corrected chi connectivity index (χ2v) is 9.93. The van der Waals surface area contributed by atoms with E-state index in [1.54, 1.807) is 0 Å². The lowest BCUT2D eigenvalue weighted by Crippen LogP contribution is -2.42. The number of hydrogen-bond donors (Lipinski definition) is 0. The predicted octanol–water partition coefficient (Wildman–Crippen LogP) is 4.28. The summed E-state index contributed by atoms with van der Waals surface area (Å²) < 4.78 is 7.76.